The van der Waals surface area contributed by atoms with E-state index in [9.17, 15) is 9.90 Å². The number of carboxylic acids is 1. The Bertz CT molecular complexity index is 2800. The third-order valence-electron chi connectivity index (χ3n) is 11.1. The zero-order chi connectivity index (χ0) is 39.4. The predicted octanol–water partition coefficient (Wildman–Crippen LogP) is 15.0. The zero-order valence-electron chi connectivity index (χ0n) is 31.9. The molecule has 1 N–H and O–H groups in total. The fraction of sp³-hybridized carbons (Fsp3) is 0.0588. The number of thiophene rings is 2. The molecule has 6 aromatic carbocycles. The zero-order valence-corrected chi connectivity index (χ0v) is 34.3. The van der Waals surface area contributed by atoms with Crippen LogP contribution < -0.4 is 4.90 Å². The number of fused-ring (bicyclic) bond motifs is 4. The number of carbonyl (C=O) groups is 1. The Balaban J connectivity index is 1.08. The summed E-state index contributed by atoms with van der Waals surface area (Å²) in [6, 6.07) is 62.3. The number of nitrogens with zero attached hydrogens (tertiary/aromatic N) is 2. The Morgan fingerprint density at radius 1 is 0.621 bits per heavy atom. The van der Waals surface area contributed by atoms with Crippen molar-refractivity contribution in [1.82, 2.24) is 0 Å². The first-order valence-corrected chi connectivity index (χ1v) is 22.5. The summed E-state index contributed by atoms with van der Waals surface area (Å²) >= 11 is 3.74. The van der Waals surface area contributed by atoms with E-state index in [-0.39, 0.29) is 5.56 Å². The molecule has 0 saturated carbocycles. The second-order valence-corrected chi connectivity index (χ2v) is 20.1. The third-order valence-corrected chi connectivity index (χ3v) is 17.7. The predicted molar refractivity (Wildman–Crippen MR) is 244 cm³/mol. The number of hydrogen-bond acceptors (Lipinski definition) is 5. The Morgan fingerprint density at radius 2 is 1.16 bits per heavy atom. The molecule has 58 heavy (non-hydrogen) atoms. The van der Waals surface area contributed by atoms with Crippen LogP contribution in [0.3, 0.4) is 0 Å². The summed E-state index contributed by atoms with van der Waals surface area (Å²) in [5.74, 6) is -0.926. The van der Waals surface area contributed by atoms with Crippen LogP contribution in [0.1, 0.15) is 34.6 Å². The summed E-state index contributed by atoms with van der Waals surface area (Å²) in [4.78, 5) is 29.6. The van der Waals surface area contributed by atoms with Gasteiger partial charge in [-0.3, -0.25) is 4.99 Å². The van der Waals surface area contributed by atoms with E-state index in [2.05, 4.69) is 189 Å². The van der Waals surface area contributed by atoms with Gasteiger partial charge in [0.1, 0.15) is 0 Å². The molecular formula is C51H38N2O2S3. The summed E-state index contributed by atoms with van der Waals surface area (Å²) in [6.45, 7) is 4.24. The van der Waals surface area contributed by atoms with Crippen molar-refractivity contribution in [3.63, 3.8) is 0 Å². The van der Waals surface area contributed by atoms with E-state index in [1.54, 1.807) is 12.1 Å². The second-order valence-electron chi connectivity index (χ2n) is 14.9. The molecule has 8 aromatic rings. The van der Waals surface area contributed by atoms with Crippen LogP contribution in [0.4, 0.5) is 22.7 Å². The van der Waals surface area contributed by atoms with Crippen LogP contribution in [0.5, 0.6) is 0 Å². The van der Waals surface area contributed by atoms with E-state index >= 15 is 0 Å². The molecule has 4 heterocycles. The maximum absolute atomic E-state index is 11.8. The van der Waals surface area contributed by atoms with E-state index in [1.807, 2.05) is 28.7 Å². The highest BCUT2D eigenvalue weighted by atomic mass is 32.3. The molecule has 0 saturated heterocycles. The maximum atomic E-state index is 11.8. The summed E-state index contributed by atoms with van der Waals surface area (Å²) in [7, 11) is -1.82. The van der Waals surface area contributed by atoms with Gasteiger partial charge >= 0.3 is 5.97 Å². The van der Waals surface area contributed by atoms with Crippen molar-refractivity contribution in [3.8, 4) is 20.2 Å². The molecule has 2 aliphatic heterocycles. The minimum absolute atomic E-state index is 0.284. The molecule has 0 atom stereocenters. The second kappa shape index (κ2) is 14.3. The van der Waals surface area contributed by atoms with E-state index in [1.165, 1.54) is 44.7 Å². The maximum Gasteiger partial charge on any atom is 0.335 e. The van der Waals surface area contributed by atoms with Crippen LogP contribution >= 0.6 is 32.7 Å². The Kier molecular flexibility index (Phi) is 8.90. The average Bonchev–Trinajstić information content (AvgIpc) is 4.00. The minimum Gasteiger partial charge on any atom is -0.478 e. The highest BCUT2D eigenvalue weighted by Gasteiger charge is 2.45. The summed E-state index contributed by atoms with van der Waals surface area (Å²) in [6.07, 6.45) is 4.33. The number of benzene rings is 6. The van der Waals surface area contributed by atoms with Gasteiger partial charge < -0.3 is 10.0 Å². The molecule has 10 rings (SSSR count). The van der Waals surface area contributed by atoms with Gasteiger partial charge in [-0.05, 0) is 114 Å². The van der Waals surface area contributed by atoms with Crippen molar-refractivity contribution in [2.75, 3.05) is 4.90 Å². The van der Waals surface area contributed by atoms with Gasteiger partial charge in [0.15, 0.2) is 0 Å². The van der Waals surface area contributed by atoms with Crippen molar-refractivity contribution < 1.29 is 9.90 Å². The Morgan fingerprint density at radius 3 is 1.74 bits per heavy atom. The van der Waals surface area contributed by atoms with Gasteiger partial charge in [0.2, 0.25) is 0 Å². The van der Waals surface area contributed by atoms with Crippen LogP contribution in [0.25, 0.3) is 26.3 Å². The SMILES string of the molecule is CC1(C)C(/C=C/c2cc3c(s2)-c2sc(-c4ccc(N(c5ccccc5)c5ccccc5)cc4)cc2S3(c2ccccc2)c2ccccc2)=Nc2ccc(C(=O)O)cc21. The Labute approximate surface area is 348 Å². The van der Waals surface area contributed by atoms with Gasteiger partial charge in [0.05, 0.1) is 26.7 Å². The van der Waals surface area contributed by atoms with Gasteiger partial charge in [0.25, 0.3) is 0 Å². The van der Waals surface area contributed by atoms with Crippen molar-refractivity contribution in [2.45, 2.75) is 38.8 Å². The first-order valence-electron chi connectivity index (χ1n) is 19.2. The molecule has 0 aliphatic carbocycles. The first kappa shape index (κ1) is 36.1. The van der Waals surface area contributed by atoms with Gasteiger partial charge in [-0.2, -0.15) is 0 Å². The quantitative estimate of drug-likeness (QED) is 0.158. The number of allylic oxidation sites excluding steroid dienone is 1. The van der Waals surface area contributed by atoms with E-state index in [0.29, 0.717) is 0 Å². The van der Waals surface area contributed by atoms with Crippen LogP contribution in [-0.4, -0.2) is 16.8 Å². The van der Waals surface area contributed by atoms with Gasteiger partial charge in [-0.1, -0.05) is 98.8 Å². The van der Waals surface area contributed by atoms with Crippen molar-refractivity contribution in [3.05, 3.63) is 198 Å². The lowest BCUT2D eigenvalue weighted by Gasteiger charge is -2.38. The summed E-state index contributed by atoms with van der Waals surface area (Å²) in [5, 5.41) is 9.66. The topological polar surface area (TPSA) is 52.9 Å². The van der Waals surface area contributed by atoms with E-state index in [0.717, 1.165) is 34.0 Å². The van der Waals surface area contributed by atoms with Crippen LogP contribution in [0.2, 0.25) is 0 Å². The number of aromatic carboxylic acids is 1. The molecule has 2 aromatic heterocycles. The van der Waals surface area contributed by atoms with Gasteiger partial charge in [0, 0.05) is 51.8 Å². The molecule has 7 heteroatoms. The first-order chi connectivity index (χ1) is 28.3. The summed E-state index contributed by atoms with van der Waals surface area (Å²) < 4.78 is 0. The molecule has 0 fully saturated rings. The van der Waals surface area contributed by atoms with E-state index < -0.39 is 21.4 Å². The molecule has 4 nitrogen and oxygen atoms in total. The fourth-order valence-corrected chi connectivity index (χ4v) is 15.7. The number of carboxylic acid groups (broad SMARTS) is 1. The smallest absolute Gasteiger partial charge is 0.335 e. The van der Waals surface area contributed by atoms with Crippen LogP contribution in [0, 0.1) is 0 Å². The standard InChI is InChI=1S/C51H38N2O2S3/c1-51(2)42-31-35(50(54)55)25-29-43(42)52-47(51)30-28-39-32-45-48(56-39)49-46(58(45,40-19-11-5-12-20-40)41-21-13-6-14-22-41)33-44(57-49)34-23-26-38(27-24-34)53(36-15-7-3-8-16-36)37-17-9-4-10-18-37/h3-33H,1-2H3,(H,54,55)/b30-28+. The molecule has 282 valence electrons. The van der Waals surface area contributed by atoms with Crippen molar-refractivity contribution in [1.29, 1.82) is 0 Å². The lowest BCUT2D eigenvalue weighted by molar-refractivity contribution is 0.0696. The van der Waals surface area contributed by atoms with E-state index in [4.69, 9.17) is 4.99 Å². The minimum atomic E-state index is -1.82. The highest BCUT2D eigenvalue weighted by molar-refractivity contribution is 8.34. The largest absolute Gasteiger partial charge is 0.478 e. The number of rotatable bonds is 9. The average molecular weight is 807 g/mol. The van der Waals surface area contributed by atoms with Gasteiger partial charge in [-0.25, -0.2) is 4.79 Å². The van der Waals surface area contributed by atoms with Crippen LogP contribution in [0.15, 0.2) is 207 Å². The lowest BCUT2D eigenvalue weighted by atomic mass is 9.81. The molecule has 0 amide bonds. The molecule has 0 unspecified atom stereocenters. The molecule has 2 aliphatic rings. The fourth-order valence-electron chi connectivity index (χ4n) is 8.23. The number of para-hydroxylation sites is 2. The van der Waals surface area contributed by atoms with Gasteiger partial charge in [-0.15, -0.1) is 32.7 Å². The molecular weight excluding hydrogens is 769 g/mol. The highest BCUT2D eigenvalue weighted by Crippen LogP contribution is 2.82. The summed E-state index contributed by atoms with van der Waals surface area (Å²) in [5.41, 5.74) is 7.09. The molecule has 0 radical (unpaired) electrons. The molecule has 0 bridgehead atoms. The molecule has 0 spiro atoms. The lowest BCUT2D eigenvalue weighted by Crippen LogP contribution is -2.24. The number of anilines is 3. The van der Waals surface area contributed by atoms with Crippen molar-refractivity contribution >= 4 is 73.2 Å². The third kappa shape index (κ3) is 5.88. The van der Waals surface area contributed by atoms with Crippen molar-refractivity contribution in [2.24, 2.45) is 4.99 Å². The normalized spacial score (nSPS) is 15.0. The monoisotopic (exact) mass is 806 g/mol. The number of aliphatic imine (C=N–C) groups is 1. The Hall–Kier alpha value is -6.25. The van der Waals surface area contributed by atoms with Crippen LogP contribution in [-0.2, 0) is 5.41 Å². The number of hydrogen-bond donors (Lipinski definition) is 1.